The van der Waals surface area contributed by atoms with Crippen molar-refractivity contribution in [1.82, 2.24) is 4.90 Å². The van der Waals surface area contributed by atoms with Gasteiger partial charge in [0.15, 0.2) is 0 Å². The van der Waals surface area contributed by atoms with Gasteiger partial charge in [0.25, 0.3) is 0 Å². The minimum absolute atomic E-state index is 0.180. The molecule has 3 heteroatoms. The normalized spacial score (nSPS) is 26.9. The first-order valence-electron chi connectivity index (χ1n) is 5.80. The summed E-state index contributed by atoms with van der Waals surface area (Å²) in [6.07, 6.45) is 0.899. The van der Waals surface area contributed by atoms with Gasteiger partial charge in [-0.15, -0.1) is 0 Å². The third kappa shape index (κ3) is 2.97. The van der Waals surface area contributed by atoms with Gasteiger partial charge in [0, 0.05) is 18.1 Å². The van der Waals surface area contributed by atoms with Gasteiger partial charge in [-0.1, -0.05) is 30.7 Å². The number of piperidine rings is 1. The van der Waals surface area contributed by atoms with Crippen molar-refractivity contribution in [1.29, 1.82) is 0 Å². The molecule has 2 rings (SSSR count). The van der Waals surface area contributed by atoms with E-state index in [9.17, 15) is 5.11 Å². The van der Waals surface area contributed by atoms with Gasteiger partial charge in [-0.2, -0.15) is 0 Å². The standard InChI is InChI=1S/C13H18ClNO/c1-10-6-7-15(9-13(10)16)8-11-2-4-12(14)5-3-11/h2-5,10,13,16H,6-9H2,1H3. The molecule has 2 unspecified atom stereocenters. The molecule has 2 atom stereocenters. The Kier molecular flexibility index (Phi) is 3.85. The Morgan fingerprint density at radius 1 is 1.38 bits per heavy atom. The van der Waals surface area contributed by atoms with Crippen LogP contribution in [0.3, 0.4) is 0 Å². The molecule has 0 spiro atoms. The average Bonchev–Trinajstić information content (AvgIpc) is 2.27. The van der Waals surface area contributed by atoms with Crippen molar-refractivity contribution in [3.8, 4) is 0 Å². The maximum absolute atomic E-state index is 9.81. The largest absolute Gasteiger partial charge is 0.392 e. The predicted octanol–water partition coefficient (Wildman–Crippen LogP) is 2.54. The Morgan fingerprint density at radius 2 is 2.06 bits per heavy atom. The maximum atomic E-state index is 9.81. The molecule has 88 valence electrons. The molecule has 0 radical (unpaired) electrons. The number of β-amino-alcohol motifs (C(OH)–C–C–N with tert-alkyl or cyclic N) is 1. The first-order chi connectivity index (χ1) is 7.65. The zero-order valence-corrected chi connectivity index (χ0v) is 10.3. The van der Waals surface area contributed by atoms with Crippen LogP contribution in [-0.2, 0) is 6.54 Å². The van der Waals surface area contributed by atoms with Gasteiger partial charge in [-0.3, -0.25) is 4.90 Å². The van der Waals surface area contributed by atoms with E-state index < -0.39 is 0 Å². The first kappa shape index (κ1) is 11.9. The van der Waals surface area contributed by atoms with Crippen molar-refractivity contribution in [3.05, 3.63) is 34.9 Å². The summed E-state index contributed by atoms with van der Waals surface area (Å²) < 4.78 is 0. The number of benzene rings is 1. The third-order valence-corrected chi connectivity index (χ3v) is 3.57. The lowest BCUT2D eigenvalue weighted by Gasteiger charge is -2.34. The molecule has 1 fully saturated rings. The highest BCUT2D eigenvalue weighted by molar-refractivity contribution is 6.30. The summed E-state index contributed by atoms with van der Waals surface area (Å²) in [5, 5.41) is 10.6. The van der Waals surface area contributed by atoms with Crippen molar-refractivity contribution in [2.24, 2.45) is 5.92 Å². The summed E-state index contributed by atoms with van der Waals surface area (Å²) in [5.41, 5.74) is 1.26. The molecular weight excluding hydrogens is 222 g/mol. The second-order valence-corrected chi connectivity index (χ2v) is 5.13. The Bertz CT molecular complexity index is 338. The van der Waals surface area contributed by atoms with Crippen LogP contribution in [0.25, 0.3) is 0 Å². The minimum Gasteiger partial charge on any atom is -0.392 e. The summed E-state index contributed by atoms with van der Waals surface area (Å²) >= 11 is 5.84. The van der Waals surface area contributed by atoms with Gasteiger partial charge >= 0.3 is 0 Å². The van der Waals surface area contributed by atoms with Crippen LogP contribution in [0.4, 0.5) is 0 Å². The van der Waals surface area contributed by atoms with Crippen molar-refractivity contribution in [2.45, 2.75) is 26.0 Å². The van der Waals surface area contributed by atoms with E-state index in [1.54, 1.807) is 0 Å². The second kappa shape index (κ2) is 5.17. The smallest absolute Gasteiger partial charge is 0.0693 e. The highest BCUT2D eigenvalue weighted by atomic mass is 35.5. The van der Waals surface area contributed by atoms with Crippen molar-refractivity contribution < 1.29 is 5.11 Å². The zero-order chi connectivity index (χ0) is 11.5. The van der Waals surface area contributed by atoms with Crippen LogP contribution in [0.15, 0.2) is 24.3 Å². The Morgan fingerprint density at radius 3 is 2.69 bits per heavy atom. The van der Waals surface area contributed by atoms with E-state index in [2.05, 4.69) is 11.8 Å². The molecular formula is C13H18ClNO. The molecule has 1 heterocycles. The summed E-state index contributed by atoms with van der Waals surface area (Å²) in [5.74, 6) is 0.432. The molecule has 1 aliphatic heterocycles. The number of nitrogens with zero attached hydrogens (tertiary/aromatic N) is 1. The van der Waals surface area contributed by atoms with Crippen molar-refractivity contribution >= 4 is 11.6 Å². The topological polar surface area (TPSA) is 23.5 Å². The lowest BCUT2D eigenvalue weighted by molar-refractivity contribution is 0.0259. The monoisotopic (exact) mass is 239 g/mol. The zero-order valence-electron chi connectivity index (χ0n) is 9.56. The van der Waals surface area contributed by atoms with E-state index in [0.717, 1.165) is 31.1 Å². The first-order valence-corrected chi connectivity index (χ1v) is 6.18. The van der Waals surface area contributed by atoms with Crippen LogP contribution >= 0.6 is 11.6 Å². The fraction of sp³-hybridized carbons (Fsp3) is 0.538. The SMILES string of the molecule is CC1CCN(Cc2ccc(Cl)cc2)CC1O. The summed E-state index contributed by atoms with van der Waals surface area (Å²) in [6.45, 7) is 4.87. The fourth-order valence-corrected chi connectivity index (χ4v) is 2.23. The lowest BCUT2D eigenvalue weighted by atomic mass is 9.96. The van der Waals surface area contributed by atoms with Crippen LogP contribution < -0.4 is 0 Å². The number of rotatable bonds is 2. The molecule has 0 aliphatic carbocycles. The second-order valence-electron chi connectivity index (χ2n) is 4.69. The molecule has 2 nitrogen and oxygen atoms in total. The van der Waals surface area contributed by atoms with Crippen LogP contribution in [0.2, 0.25) is 5.02 Å². The third-order valence-electron chi connectivity index (χ3n) is 3.32. The van der Waals surface area contributed by atoms with E-state index in [-0.39, 0.29) is 6.10 Å². The van der Waals surface area contributed by atoms with Gasteiger partial charge in [-0.25, -0.2) is 0 Å². The van der Waals surface area contributed by atoms with Crippen LogP contribution in [0, 0.1) is 5.92 Å². The molecule has 1 aliphatic rings. The molecule has 0 bridgehead atoms. The van der Waals surface area contributed by atoms with Gasteiger partial charge in [-0.05, 0) is 36.6 Å². The highest BCUT2D eigenvalue weighted by Crippen LogP contribution is 2.19. The van der Waals surface area contributed by atoms with Gasteiger partial charge in [0.05, 0.1) is 6.10 Å². The molecule has 1 aromatic rings. The van der Waals surface area contributed by atoms with E-state index >= 15 is 0 Å². The molecule has 0 saturated carbocycles. The van der Waals surface area contributed by atoms with Crippen LogP contribution in [0.5, 0.6) is 0 Å². The van der Waals surface area contributed by atoms with Crippen LogP contribution in [0.1, 0.15) is 18.9 Å². The molecule has 1 aromatic carbocycles. The minimum atomic E-state index is -0.180. The summed E-state index contributed by atoms with van der Waals surface area (Å²) in [4.78, 5) is 2.30. The van der Waals surface area contributed by atoms with Crippen molar-refractivity contribution in [2.75, 3.05) is 13.1 Å². The van der Waals surface area contributed by atoms with E-state index in [1.807, 2.05) is 24.3 Å². The molecule has 0 aromatic heterocycles. The summed E-state index contributed by atoms with van der Waals surface area (Å²) in [7, 11) is 0. The molecule has 16 heavy (non-hydrogen) atoms. The van der Waals surface area contributed by atoms with Gasteiger partial charge in [0.1, 0.15) is 0 Å². The van der Waals surface area contributed by atoms with Crippen LogP contribution in [-0.4, -0.2) is 29.2 Å². The Balaban J connectivity index is 1.93. The van der Waals surface area contributed by atoms with Crippen molar-refractivity contribution in [3.63, 3.8) is 0 Å². The molecule has 1 N–H and O–H groups in total. The number of likely N-dealkylation sites (tertiary alicyclic amines) is 1. The molecule has 0 amide bonds. The number of aliphatic hydroxyl groups is 1. The van der Waals surface area contributed by atoms with Gasteiger partial charge in [0.2, 0.25) is 0 Å². The van der Waals surface area contributed by atoms with Gasteiger partial charge < -0.3 is 5.11 Å². The fourth-order valence-electron chi connectivity index (χ4n) is 2.11. The lowest BCUT2D eigenvalue weighted by Crippen LogP contribution is -2.42. The number of hydrogen-bond acceptors (Lipinski definition) is 2. The predicted molar refractivity (Wildman–Crippen MR) is 66.5 cm³/mol. The van der Waals surface area contributed by atoms with E-state index in [1.165, 1.54) is 5.56 Å². The Labute approximate surface area is 102 Å². The number of hydrogen-bond donors (Lipinski definition) is 1. The van der Waals surface area contributed by atoms with E-state index in [4.69, 9.17) is 11.6 Å². The number of aliphatic hydroxyl groups excluding tert-OH is 1. The Hall–Kier alpha value is -0.570. The molecule has 1 saturated heterocycles. The highest BCUT2D eigenvalue weighted by Gasteiger charge is 2.23. The number of halogens is 1. The maximum Gasteiger partial charge on any atom is 0.0693 e. The average molecular weight is 240 g/mol. The quantitative estimate of drug-likeness (QED) is 0.858. The van der Waals surface area contributed by atoms with E-state index in [0.29, 0.717) is 5.92 Å². The summed E-state index contributed by atoms with van der Waals surface area (Å²) in [6, 6.07) is 7.93.